The van der Waals surface area contributed by atoms with Gasteiger partial charge in [0.15, 0.2) is 0 Å². The quantitative estimate of drug-likeness (QED) is 0.746. The van der Waals surface area contributed by atoms with Gasteiger partial charge in [0.2, 0.25) is 0 Å². The fourth-order valence-electron chi connectivity index (χ4n) is 2.62. The summed E-state index contributed by atoms with van der Waals surface area (Å²) in [4.78, 5) is 2.07. The fourth-order valence-corrected chi connectivity index (χ4v) is 2.62. The Balaban J connectivity index is 2.38. The summed E-state index contributed by atoms with van der Waals surface area (Å²) in [6.45, 7) is 0. The molecule has 0 bridgehead atoms. The number of para-hydroxylation sites is 1. The molecule has 100 valence electrons. The highest BCUT2D eigenvalue weighted by Crippen LogP contribution is 2.40. The molecule has 0 fully saturated rings. The summed E-state index contributed by atoms with van der Waals surface area (Å²) in [5, 5.41) is 12.6. The molecule has 0 amide bonds. The predicted molar refractivity (Wildman–Crippen MR) is 85.4 cm³/mol. The average Bonchev–Trinajstić information content (AvgIpc) is 2.47. The second kappa shape index (κ2) is 4.89. The van der Waals surface area contributed by atoms with E-state index in [0.29, 0.717) is 5.75 Å². The van der Waals surface area contributed by atoms with E-state index in [1.807, 2.05) is 44.4 Å². The molecule has 3 aromatic carbocycles. The molecule has 0 heterocycles. The Labute approximate surface area is 118 Å². The molecular weight excluding hydrogens is 246 g/mol. The average molecular weight is 263 g/mol. The molecule has 0 aliphatic carbocycles. The summed E-state index contributed by atoms with van der Waals surface area (Å²) in [6.07, 6.45) is 0. The van der Waals surface area contributed by atoms with Gasteiger partial charge in [0.25, 0.3) is 0 Å². The monoisotopic (exact) mass is 263 g/mol. The summed E-state index contributed by atoms with van der Waals surface area (Å²) in [7, 11) is 4.03. The summed E-state index contributed by atoms with van der Waals surface area (Å²) in [5.41, 5.74) is 3.04. The standard InChI is InChI=1S/C18H17NO/c1-19(2)16-10-6-5-9-15(16)18-14-8-4-3-7-13(14)11-12-17(18)20/h3-12,20H,1-2H3. The van der Waals surface area contributed by atoms with Crippen LogP contribution >= 0.6 is 0 Å². The number of fused-ring (bicyclic) bond motifs is 1. The highest BCUT2D eigenvalue weighted by molar-refractivity contribution is 6.02. The summed E-state index contributed by atoms with van der Waals surface area (Å²) >= 11 is 0. The molecule has 0 aliphatic heterocycles. The number of phenols is 1. The van der Waals surface area contributed by atoms with Crippen LogP contribution in [0, 0.1) is 0 Å². The van der Waals surface area contributed by atoms with Crippen LogP contribution in [0.25, 0.3) is 21.9 Å². The van der Waals surface area contributed by atoms with E-state index in [0.717, 1.165) is 27.6 Å². The first-order chi connectivity index (χ1) is 9.68. The molecule has 3 rings (SSSR count). The van der Waals surface area contributed by atoms with Crippen molar-refractivity contribution < 1.29 is 5.11 Å². The molecular formula is C18H17NO. The van der Waals surface area contributed by atoms with Crippen LogP contribution in [0.15, 0.2) is 60.7 Å². The number of benzene rings is 3. The van der Waals surface area contributed by atoms with Gasteiger partial charge in [-0.2, -0.15) is 0 Å². The van der Waals surface area contributed by atoms with Crippen molar-refractivity contribution in [1.29, 1.82) is 0 Å². The number of phenolic OH excluding ortho intramolecular Hbond substituents is 1. The SMILES string of the molecule is CN(C)c1ccccc1-c1c(O)ccc2ccccc12. The molecule has 3 aromatic rings. The maximum absolute atomic E-state index is 10.3. The van der Waals surface area contributed by atoms with Crippen LogP contribution in [0.4, 0.5) is 5.69 Å². The van der Waals surface area contributed by atoms with Crippen molar-refractivity contribution in [2.75, 3.05) is 19.0 Å². The smallest absolute Gasteiger partial charge is 0.124 e. The molecule has 0 radical (unpaired) electrons. The van der Waals surface area contributed by atoms with E-state index in [9.17, 15) is 5.11 Å². The van der Waals surface area contributed by atoms with Crippen molar-refractivity contribution in [3.63, 3.8) is 0 Å². The number of aromatic hydroxyl groups is 1. The Kier molecular flexibility index (Phi) is 3.07. The zero-order valence-corrected chi connectivity index (χ0v) is 11.7. The van der Waals surface area contributed by atoms with Crippen LogP contribution in [0.1, 0.15) is 0 Å². The normalized spacial score (nSPS) is 10.7. The van der Waals surface area contributed by atoms with E-state index in [1.54, 1.807) is 6.07 Å². The molecule has 2 nitrogen and oxygen atoms in total. The minimum absolute atomic E-state index is 0.318. The van der Waals surface area contributed by atoms with Crippen molar-refractivity contribution in [3.8, 4) is 16.9 Å². The lowest BCUT2D eigenvalue weighted by atomic mass is 9.95. The van der Waals surface area contributed by atoms with Gasteiger partial charge in [-0.05, 0) is 22.9 Å². The van der Waals surface area contributed by atoms with E-state index in [1.165, 1.54) is 0 Å². The lowest BCUT2D eigenvalue weighted by Gasteiger charge is -2.19. The van der Waals surface area contributed by atoms with Gasteiger partial charge in [-0.1, -0.05) is 48.5 Å². The number of rotatable bonds is 2. The molecule has 0 saturated carbocycles. The molecule has 0 unspecified atom stereocenters. The van der Waals surface area contributed by atoms with Crippen LogP contribution in [0.3, 0.4) is 0 Å². The van der Waals surface area contributed by atoms with Gasteiger partial charge in [-0.25, -0.2) is 0 Å². The van der Waals surface area contributed by atoms with Gasteiger partial charge in [-0.15, -0.1) is 0 Å². The van der Waals surface area contributed by atoms with Crippen LogP contribution in [0.2, 0.25) is 0 Å². The highest BCUT2D eigenvalue weighted by Gasteiger charge is 2.13. The molecule has 0 saturated heterocycles. The Morgan fingerprint density at radius 2 is 1.50 bits per heavy atom. The van der Waals surface area contributed by atoms with Crippen molar-refractivity contribution >= 4 is 16.5 Å². The number of anilines is 1. The third-order valence-corrected chi connectivity index (χ3v) is 3.56. The topological polar surface area (TPSA) is 23.5 Å². The summed E-state index contributed by atoms with van der Waals surface area (Å²) in [6, 6.07) is 20.0. The molecule has 0 aromatic heterocycles. The van der Waals surface area contributed by atoms with E-state index in [2.05, 4.69) is 29.2 Å². The largest absolute Gasteiger partial charge is 0.507 e. The van der Waals surface area contributed by atoms with Gasteiger partial charge >= 0.3 is 0 Å². The van der Waals surface area contributed by atoms with E-state index in [-0.39, 0.29) is 0 Å². The number of nitrogens with zero attached hydrogens (tertiary/aromatic N) is 1. The van der Waals surface area contributed by atoms with Crippen LogP contribution in [0.5, 0.6) is 5.75 Å². The zero-order chi connectivity index (χ0) is 14.1. The van der Waals surface area contributed by atoms with Gasteiger partial charge in [-0.3, -0.25) is 0 Å². The second-order valence-electron chi connectivity index (χ2n) is 5.09. The maximum atomic E-state index is 10.3. The van der Waals surface area contributed by atoms with Gasteiger partial charge in [0.05, 0.1) is 0 Å². The molecule has 20 heavy (non-hydrogen) atoms. The number of hydrogen-bond donors (Lipinski definition) is 1. The van der Waals surface area contributed by atoms with Crippen LogP contribution < -0.4 is 4.90 Å². The highest BCUT2D eigenvalue weighted by atomic mass is 16.3. The minimum Gasteiger partial charge on any atom is -0.507 e. The van der Waals surface area contributed by atoms with Crippen LogP contribution in [-0.4, -0.2) is 19.2 Å². The molecule has 0 aliphatic rings. The summed E-state index contributed by atoms with van der Waals surface area (Å²) in [5.74, 6) is 0.318. The summed E-state index contributed by atoms with van der Waals surface area (Å²) < 4.78 is 0. The molecule has 0 spiro atoms. The van der Waals surface area contributed by atoms with E-state index in [4.69, 9.17) is 0 Å². The Bertz CT molecular complexity index is 762. The van der Waals surface area contributed by atoms with Gasteiger partial charge in [0.1, 0.15) is 5.75 Å². The lowest BCUT2D eigenvalue weighted by molar-refractivity contribution is 0.478. The van der Waals surface area contributed by atoms with Crippen molar-refractivity contribution in [2.45, 2.75) is 0 Å². The molecule has 0 atom stereocenters. The first kappa shape index (κ1) is 12.5. The first-order valence-electron chi connectivity index (χ1n) is 6.66. The molecule has 2 heteroatoms. The van der Waals surface area contributed by atoms with Crippen molar-refractivity contribution in [3.05, 3.63) is 60.7 Å². The van der Waals surface area contributed by atoms with Crippen molar-refractivity contribution in [2.24, 2.45) is 0 Å². The third kappa shape index (κ3) is 1.99. The maximum Gasteiger partial charge on any atom is 0.124 e. The Morgan fingerprint density at radius 3 is 2.30 bits per heavy atom. The molecule has 1 N–H and O–H groups in total. The van der Waals surface area contributed by atoms with Gasteiger partial charge in [0, 0.05) is 30.9 Å². The second-order valence-corrected chi connectivity index (χ2v) is 5.09. The first-order valence-corrected chi connectivity index (χ1v) is 6.66. The predicted octanol–water partition coefficient (Wildman–Crippen LogP) is 4.28. The Morgan fingerprint density at radius 1 is 0.800 bits per heavy atom. The minimum atomic E-state index is 0.318. The zero-order valence-electron chi connectivity index (χ0n) is 11.7. The fraction of sp³-hybridized carbons (Fsp3) is 0.111. The van der Waals surface area contributed by atoms with Crippen LogP contribution in [-0.2, 0) is 0 Å². The third-order valence-electron chi connectivity index (χ3n) is 3.56. The van der Waals surface area contributed by atoms with Gasteiger partial charge < -0.3 is 10.0 Å². The Hall–Kier alpha value is -2.48. The van der Waals surface area contributed by atoms with Crippen molar-refractivity contribution in [1.82, 2.24) is 0 Å². The van der Waals surface area contributed by atoms with E-state index < -0.39 is 0 Å². The number of hydrogen-bond acceptors (Lipinski definition) is 2. The van der Waals surface area contributed by atoms with E-state index >= 15 is 0 Å². The lowest BCUT2D eigenvalue weighted by Crippen LogP contribution is -2.09.